The van der Waals surface area contributed by atoms with Crippen LogP contribution in [-0.2, 0) is 17.5 Å². The van der Waals surface area contributed by atoms with Crippen LogP contribution in [0.2, 0.25) is 0 Å². The van der Waals surface area contributed by atoms with Crippen molar-refractivity contribution in [2.45, 2.75) is 37.2 Å². The molecular weight excluding hydrogens is 502 g/mol. The van der Waals surface area contributed by atoms with Gasteiger partial charge in [0, 0.05) is 45.1 Å². The monoisotopic (exact) mass is 531 g/mol. The molecule has 0 aliphatic carbocycles. The van der Waals surface area contributed by atoms with Crippen molar-refractivity contribution in [1.82, 2.24) is 10.2 Å². The molecule has 1 heterocycles. The third kappa shape index (κ3) is 7.29. The fourth-order valence-electron chi connectivity index (χ4n) is 3.19. The Hall–Kier alpha value is -0.680. The van der Waals surface area contributed by atoms with E-state index < -0.39 is 11.7 Å². The first kappa shape index (κ1) is 25.4. The molecule has 28 heavy (non-hydrogen) atoms. The van der Waals surface area contributed by atoms with Gasteiger partial charge in [-0.3, -0.25) is 4.99 Å². The fourth-order valence-corrected chi connectivity index (χ4v) is 4.44. The van der Waals surface area contributed by atoms with E-state index in [1.807, 2.05) is 23.7 Å². The highest BCUT2D eigenvalue weighted by Crippen LogP contribution is 2.35. The first-order chi connectivity index (χ1) is 12.8. The van der Waals surface area contributed by atoms with Crippen LogP contribution in [0.3, 0.4) is 0 Å². The van der Waals surface area contributed by atoms with Crippen molar-refractivity contribution < 1.29 is 17.9 Å². The number of hydrogen-bond acceptors (Lipinski definition) is 3. The van der Waals surface area contributed by atoms with E-state index in [2.05, 4.69) is 17.2 Å². The third-order valence-electron chi connectivity index (χ3n) is 4.70. The summed E-state index contributed by atoms with van der Waals surface area (Å²) in [5.41, 5.74) is 0.173. The van der Waals surface area contributed by atoms with Crippen molar-refractivity contribution in [3.05, 3.63) is 35.4 Å². The van der Waals surface area contributed by atoms with Crippen LogP contribution in [0.1, 0.15) is 30.9 Å². The molecule has 0 aromatic heterocycles. The third-order valence-corrected chi connectivity index (χ3v) is 6.15. The predicted molar refractivity (Wildman–Crippen MR) is 121 cm³/mol. The number of guanidine groups is 1. The number of halogens is 4. The molecule has 0 spiro atoms. The van der Waals surface area contributed by atoms with Crippen molar-refractivity contribution in [2.75, 3.05) is 39.6 Å². The number of nitrogens with one attached hydrogen (secondary N) is 1. The lowest BCUT2D eigenvalue weighted by atomic mass is 9.99. The topological polar surface area (TPSA) is 36.9 Å². The number of benzene rings is 1. The van der Waals surface area contributed by atoms with Gasteiger partial charge in [0.25, 0.3) is 0 Å². The molecule has 0 amide bonds. The van der Waals surface area contributed by atoms with Gasteiger partial charge >= 0.3 is 6.18 Å². The fraction of sp³-hybridized carbons (Fsp3) is 0.632. The normalized spacial score (nSPS) is 17.0. The van der Waals surface area contributed by atoms with Crippen molar-refractivity contribution in [3.63, 3.8) is 0 Å². The summed E-state index contributed by atoms with van der Waals surface area (Å²) in [5, 5.41) is 3.44. The Morgan fingerprint density at radius 1 is 1.25 bits per heavy atom. The van der Waals surface area contributed by atoms with Gasteiger partial charge in [0.1, 0.15) is 0 Å². The molecule has 160 valence electrons. The van der Waals surface area contributed by atoms with Gasteiger partial charge in [-0.15, -0.1) is 24.0 Å². The molecule has 1 aromatic rings. The molecule has 0 unspecified atom stereocenters. The Balaban J connectivity index is 0.00000392. The molecule has 0 saturated carbocycles. The van der Waals surface area contributed by atoms with Gasteiger partial charge in [-0.25, -0.2) is 0 Å². The summed E-state index contributed by atoms with van der Waals surface area (Å²) in [6.07, 6.45) is -2.31. The van der Waals surface area contributed by atoms with E-state index in [0.29, 0.717) is 6.54 Å². The van der Waals surface area contributed by atoms with E-state index >= 15 is 0 Å². The highest BCUT2D eigenvalue weighted by atomic mass is 127. The zero-order valence-corrected chi connectivity index (χ0v) is 19.7. The molecule has 1 saturated heterocycles. The highest BCUT2D eigenvalue weighted by Gasteiger charge is 2.33. The van der Waals surface area contributed by atoms with Crippen molar-refractivity contribution >= 4 is 41.7 Å². The SMILES string of the molecule is CCSC1(CNC(=NC)N(C)Cc2ccc(C(F)(F)F)cc2)CCOCC1.I. The molecule has 1 aromatic carbocycles. The first-order valence-electron chi connectivity index (χ1n) is 9.09. The van der Waals surface area contributed by atoms with Gasteiger partial charge in [0.2, 0.25) is 0 Å². The second-order valence-electron chi connectivity index (χ2n) is 6.68. The van der Waals surface area contributed by atoms with Gasteiger partial charge in [-0.1, -0.05) is 19.1 Å². The molecular formula is C19H29F3IN3OS. The standard InChI is InChI=1S/C19H28F3N3OS.HI/c1-4-27-18(9-11-26-12-10-18)14-24-17(23-2)25(3)13-15-5-7-16(8-6-15)19(20,21)22;/h5-8H,4,9-14H2,1-3H3,(H,23,24);1H. The van der Waals surface area contributed by atoms with Crippen LogP contribution in [0.15, 0.2) is 29.3 Å². The zero-order valence-electron chi connectivity index (χ0n) is 16.5. The highest BCUT2D eigenvalue weighted by molar-refractivity contribution is 14.0. The minimum atomic E-state index is -4.31. The number of ether oxygens (including phenoxy) is 1. The second kappa shape index (κ2) is 11.5. The van der Waals surface area contributed by atoms with E-state index in [1.54, 1.807) is 7.05 Å². The van der Waals surface area contributed by atoms with E-state index in [1.165, 1.54) is 12.1 Å². The minimum absolute atomic E-state index is 0. The lowest BCUT2D eigenvalue weighted by molar-refractivity contribution is -0.137. The van der Waals surface area contributed by atoms with Gasteiger partial charge in [0.05, 0.1) is 5.56 Å². The van der Waals surface area contributed by atoms with Gasteiger partial charge < -0.3 is 15.0 Å². The Morgan fingerprint density at radius 3 is 2.36 bits per heavy atom. The van der Waals surface area contributed by atoms with Crippen LogP contribution in [0.4, 0.5) is 13.2 Å². The average molecular weight is 531 g/mol. The minimum Gasteiger partial charge on any atom is -0.381 e. The zero-order chi connectivity index (χ0) is 19.9. The molecule has 1 N–H and O–H groups in total. The van der Waals surface area contributed by atoms with Crippen LogP contribution in [0.25, 0.3) is 0 Å². The van der Waals surface area contributed by atoms with E-state index in [0.717, 1.165) is 62.0 Å². The second-order valence-corrected chi connectivity index (χ2v) is 8.41. The molecule has 0 radical (unpaired) electrons. The quantitative estimate of drug-likeness (QED) is 0.330. The van der Waals surface area contributed by atoms with Gasteiger partial charge in [0.15, 0.2) is 5.96 Å². The predicted octanol–water partition coefficient (Wildman–Crippen LogP) is 4.63. The number of hydrogen-bond donors (Lipinski definition) is 1. The number of thioether (sulfide) groups is 1. The maximum absolute atomic E-state index is 12.7. The molecule has 4 nitrogen and oxygen atoms in total. The van der Waals surface area contributed by atoms with Gasteiger partial charge in [-0.2, -0.15) is 24.9 Å². The summed E-state index contributed by atoms with van der Waals surface area (Å²) < 4.78 is 43.7. The number of alkyl halides is 3. The first-order valence-corrected chi connectivity index (χ1v) is 10.1. The number of nitrogens with zero attached hydrogens (tertiary/aromatic N) is 2. The maximum Gasteiger partial charge on any atom is 0.416 e. The van der Waals surface area contributed by atoms with E-state index in [-0.39, 0.29) is 28.7 Å². The largest absolute Gasteiger partial charge is 0.416 e. The molecule has 9 heteroatoms. The summed E-state index contributed by atoms with van der Waals surface area (Å²) in [4.78, 5) is 6.25. The Kier molecular flexibility index (Phi) is 10.4. The van der Waals surface area contributed by atoms with Crippen molar-refractivity contribution in [2.24, 2.45) is 4.99 Å². The van der Waals surface area contributed by atoms with Crippen LogP contribution in [0.5, 0.6) is 0 Å². The molecule has 1 aliphatic heterocycles. The smallest absolute Gasteiger partial charge is 0.381 e. The van der Waals surface area contributed by atoms with Crippen LogP contribution in [0, 0.1) is 0 Å². The Morgan fingerprint density at radius 2 is 1.86 bits per heavy atom. The van der Waals surface area contributed by atoms with Crippen molar-refractivity contribution in [1.29, 1.82) is 0 Å². The lowest BCUT2D eigenvalue weighted by Gasteiger charge is -2.37. The van der Waals surface area contributed by atoms with Crippen LogP contribution in [-0.4, -0.2) is 55.2 Å². The summed E-state index contributed by atoms with van der Waals surface area (Å²) in [5.74, 6) is 1.78. The van der Waals surface area contributed by atoms with E-state index in [9.17, 15) is 13.2 Å². The Labute approximate surface area is 186 Å². The summed E-state index contributed by atoms with van der Waals surface area (Å²) >= 11 is 1.95. The number of aliphatic imine (C=N–C) groups is 1. The summed E-state index contributed by atoms with van der Waals surface area (Å²) in [6, 6.07) is 5.27. The lowest BCUT2D eigenvalue weighted by Crippen LogP contribution is -2.48. The van der Waals surface area contributed by atoms with Crippen molar-refractivity contribution in [3.8, 4) is 0 Å². The van der Waals surface area contributed by atoms with Gasteiger partial charge in [-0.05, 0) is 36.3 Å². The molecule has 2 rings (SSSR count). The Bertz CT molecular complexity index is 614. The molecule has 0 atom stereocenters. The van der Waals surface area contributed by atoms with Crippen LogP contribution >= 0.6 is 35.7 Å². The summed E-state index contributed by atoms with van der Waals surface area (Å²) in [7, 11) is 3.60. The van der Waals surface area contributed by atoms with E-state index in [4.69, 9.17) is 4.74 Å². The number of rotatable bonds is 6. The maximum atomic E-state index is 12.7. The summed E-state index contributed by atoms with van der Waals surface area (Å²) in [6.45, 7) is 4.98. The van der Waals surface area contributed by atoms with Crippen LogP contribution < -0.4 is 5.32 Å². The molecule has 0 bridgehead atoms. The molecule has 1 fully saturated rings. The average Bonchev–Trinajstić information content (AvgIpc) is 2.63. The molecule has 1 aliphatic rings.